The quantitative estimate of drug-likeness (QED) is 0.721. The zero-order valence-corrected chi connectivity index (χ0v) is 18.2. The lowest BCUT2D eigenvalue weighted by atomic mass is 9.86. The molecule has 3 rings (SSSR count). The number of rotatable bonds is 6. The second kappa shape index (κ2) is 7.35. The van der Waals surface area contributed by atoms with Crippen LogP contribution in [0.2, 0.25) is 0 Å². The molecule has 7 heteroatoms. The predicted octanol–water partition coefficient (Wildman–Crippen LogP) is 4.16. The van der Waals surface area contributed by atoms with Crippen LogP contribution in [0.1, 0.15) is 51.7 Å². The minimum Gasteiger partial charge on any atom is -0.480 e. The van der Waals surface area contributed by atoms with E-state index in [1.54, 1.807) is 24.5 Å². The first-order valence-corrected chi connectivity index (χ1v) is 11.8. The Morgan fingerprint density at radius 2 is 2.00 bits per heavy atom. The van der Waals surface area contributed by atoms with Crippen molar-refractivity contribution in [2.45, 2.75) is 61.6 Å². The van der Waals surface area contributed by atoms with Gasteiger partial charge in [0.15, 0.2) is 0 Å². The summed E-state index contributed by atoms with van der Waals surface area (Å²) in [6.07, 6.45) is 7.83. The maximum absolute atomic E-state index is 13.2. The third-order valence-electron chi connectivity index (χ3n) is 5.09. The SMILES string of the molecule is CC(C)(C)c1ccc(S(=O)(=O)NC2(C)C=CSC2C(=O)O)c(/C=C/C2CC2)c1. The zero-order valence-electron chi connectivity index (χ0n) is 16.6. The summed E-state index contributed by atoms with van der Waals surface area (Å²) in [6.45, 7) is 7.86. The summed E-state index contributed by atoms with van der Waals surface area (Å²) < 4.78 is 29.1. The average Bonchev–Trinajstić information content (AvgIpc) is 3.32. The molecule has 0 amide bonds. The fourth-order valence-corrected chi connectivity index (χ4v) is 5.84. The van der Waals surface area contributed by atoms with Crippen LogP contribution in [-0.4, -0.2) is 30.3 Å². The van der Waals surface area contributed by atoms with Gasteiger partial charge in [0.2, 0.25) is 10.0 Å². The van der Waals surface area contributed by atoms with Crippen molar-refractivity contribution >= 4 is 33.8 Å². The monoisotopic (exact) mass is 421 g/mol. The summed E-state index contributed by atoms with van der Waals surface area (Å²) in [5, 5.41) is 10.2. The van der Waals surface area contributed by atoms with Gasteiger partial charge in [0, 0.05) is 0 Å². The number of sulfonamides is 1. The van der Waals surface area contributed by atoms with Crippen LogP contribution in [0.3, 0.4) is 0 Å². The van der Waals surface area contributed by atoms with Crippen molar-refractivity contribution in [1.29, 1.82) is 0 Å². The van der Waals surface area contributed by atoms with E-state index in [0.29, 0.717) is 11.5 Å². The second-order valence-electron chi connectivity index (χ2n) is 8.74. The molecule has 0 spiro atoms. The highest BCUT2D eigenvalue weighted by atomic mass is 32.2. The van der Waals surface area contributed by atoms with E-state index in [-0.39, 0.29) is 10.3 Å². The molecule has 28 heavy (non-hydrogen) atoms. The topological polar surface area (TPSA) is 83.5 Å². The Morgan fingerprint density at radius 1 is 1.32 bits per heavy atom. The summed E-state index contributed by atoms with van der Waals surface area (Å²) in [4.78, 5) is 11.7. The molecule has 1 saturated carbocycles. The van der Waals surface area contributed by atoms with Crippen molar-refractivity contribution in [1.82, 2.24) is 4.72 Å². The van der Waals surface area contributed by atoms with Gasteiger partial charge in [-0.05, 0) is 59.8 Å². The van der Waals surface area contributed by atoms with E-state index in [9.17, 15) is 18.3 Å². The van der Waals surface area contributed by atoms with E-state index < -0.39 is 26.8 Å². The zero-order chi connectivity index (χ0) is 20.7. The lowest BCUT2D eigenvalue weighted by molar-refractivity contribution is -0.137. The summed E-state index contributed by atoms with van der Waals surface area (Å²) in [5.41, 5.74) is 0.392. The van der Waals surface area contributed by atoms with Crippen LogP contribution < -0.4 is 4.72 Å². The van der Waals surface area contributed by atoms with Crippen LogP contribution in [0.15, 0.2) is 40.7 Å². The van der Waals surface area contributed by atoms with E-state index in [1.807, 2.05) is 18.2 Å². The largest absolute Gasteiger partial charge is 0.480 e. The first-order valence-electron chi connectivity index (χ1n) is 9.35. The van der Waals surface area contributed by atoms with Gasteiger partial charge < -0.3 is 5.11 Å². The van der Waals surface area contributed by atoms with E-state index in [1.165, 1.54) is 0 Å². The molecule has 2 aliphatic rings. The molecule has 1 aliphatic heterocycles. The Hall–Kier alpha value is -1.57. The lowest BCUT2D eigenvalue weighted by Crippen LogP contribution is -2.52. The molecule has 5 nitrogen and oxygen atoms in total. The van der Waals surface area contributed by atoms with Gasteiger partial charge in [0.1, 0.15) is 5.25 Å². The standard InChI is InChI=1S/C21H27NO4S2/c1-20(2,3)16-9-10-17(15(13-16)8-7-14-5-6-14)28(25,26)22-21(4)11-12-27-18(21)19(23)24/h7-14,18,22H,5-6H2,1-4H3,(H,23,24)/b8-7+. The Kier molecular flexibility index (Phi) is 5.55. The minimum atomic E-state index is -3.92. The number of hydrogen-bond acceptors (Lipinski definition) is 4. The normalized spacial score (nSPS) is 25.5. The molecule has 1 fully saturated rings. The number of aliphatic carboxylic acids is 1. The van der Waals surface area contributed by atoms with E-state index >= 15 is 0 Å². The molecule has 0 saturated heterocycles. The van der Waals surface area contributed by atoms with E-state index in [4.69, 9.17) is 0 Å². The molecule has 2 atom stereocenters. The molecule has 1 aliphatic carbocycles. The molecule has 152 valence electrons. The van der Waals surface area contributed by atoms with Gasteiger partial charge in [-0.1, -0.05) is 45.1 Å². The number of carbonyl (C=O) groups is 1. The molecular formula is C21H27NO4S2. The number of nitrogens with one attached hydrogen (secondary N) is 1. The first kappa shape index (κ1) is 21.1. The van der Waals surface area contributed by atoms with Gasteiger partial charge in [-0.2, -0.15) is 4.72 Å². The molecule has 1 aromatic carbocycles. The summed E-state index contributed by atoms with van der Waals surface area (Å²) >= 11 is 1.10. The molecule has 1 aromatic rings. The predicted molar refractivity (Wildman–Crippen MR) is 114 cm³/mol. The van der Waals surface area contributed by atoms with Crippen molar-refractivity contribution in [3.63, 3.8) is 0 Å². The Morgan fingerprint density at radius 3 is 2.57 bits per heavy atom. The van der Waals surface area contributed by atoms with Gasteiger partial charge in [-0.3, -0.25) is 4.79 Å². The van der Waals surface area contributed by atoms with E-state index in [2.05, 4.69) is 31.6 Å². The summed E-state index contributed by atoms with van der Waals surface area (Å²) in [6, 6.07) is 5.38. The lowest BCUT2D eigenvalue weighted by Gasteiger charge is -2.28. The number of benzene rings is 1. The van der Waals surface area contributed by atoms with Crippen LogP contribution in [0.5, 0.6) is 0 Å². The fourth-order valence-electron chi connectivity index (χ4n) is 3.15. The average molecular weight is 422 g/mol. The van der Waals surface area contributed by atoms with Crippen LogP contribution in [0, 0.1) is 5.92 Å². The number of allylic oxidation sites excluding steroid dienone is 1. The Balaban J connectivity index is 2.00. The number of carboxylic acids is 1. The van der Waals surface area contributed by atoms with Crippen molar-refractivity contribution in [3.8, 4) is 0 Å². The van der Waals surface area contributed by atoms with E-state index in [0.717, 1.165) is 30.2 Å². The van der Waals surface area contributed by atoms with Gasteiger partial charge in [0.25, 0.3) is 0 Å². The van der Waals surface area contributed by atoms with Crippen molar-refractivity contribution in [2.75, 3.05) is 0 Å². The Bertz CT molecular complexity index is 940. The second-order valence-corrected chi connectivity index (χ2v) is 11.4. The maximum Gasteiger partial charge on any atom is 0.319 e. The Labute approximate surface area is 171 Å². The smallest absolute Gasteiger partial charge is 0.319 e. The first-order chi connectivity index (χ1) is 12.9. The molecule has 2 unspecified atom stereocenters. The van der Waals surface area contributed by atoms with Crippen molar-refractivity contribution in [2.24, 2.45) is 5.92 Å². The van der Waals surface area contributed by atoms with Gasteiger partial charge in [-0.25, -0.2) is 8.42 Å². The van der Waals surface area contributed by atoms with Crippen molar-refractivity contribution in [3.05, 3.63) is 46.9 Å². The minimum absolute atomic E-state index is 0.108. The third kappa shape index (κ3) is 4.53. The number of hydrogen-bond donors (Lipinski definition) is 2. The van der Waals surface area contributed by atoms with Crippen LogP contribution in [0.4, 0.5) is 0 Å². The molecule has 0 bridgehead atoms. The van der Waals surface area contributed by atoms with Crippen molar-refractivity contribution < 1.29 is 18.3 Å². The summed E-state index contributed by atoms with van der Waals surface area (Å²) in [5.74, 6) is -0.526. The third-order valence-corrected chi connectivity index (χ3v) is 8.00. The van der Waals surface area contributed by atoms with Gasteiger partial charge >= 0.3 is 5.97 Å². The summed E-state index contributed by atoms with van der Waals surface area (Å²) in [7, 11) is -3.92. The highest BCUT2D eigenvalue weighted by Crippen LogP contribution is 2.36. The molecule has 1 heterocycles. The maximum atomic E-state index is 13.2. The highest BCUT2D eigenvalue weighted by molar-refractivity contribution is 8.03. The van der Waals surface area contributed by atoms with Crippen LogP contribution in [-0.2, 0) is 20.2 Å². The number of thioether (sulfide) groups is 1. The van der Waals surface area contributed by atoms with Crippen LogP contribution in [0.25, 0.3) is 6.08 Å². The fraction of sp³-hybridized carbons (Fsp3) is 0.476. The number of carboxylic acid groups (broad SMARTS) is 1. The van der Waals surface area contributed by atoms with Gasteiger partial charge in [-0.15, -0.1) is 11.8 Å². The highest BCUT2D eigenvalue weighted by Gasteiger charge is 2.44. The van der Waals surface area contributed by atoms with Crippen LogP contribution >= 0.6 is 11.8 Å². The molecule has 2 N–H and O–H groups in total. The molecule has 0 aromatic heterocycles. The molecular weight excluding hydrogens is 394 g/mol. The van der Waals surface area contributed by atoms with Gasteiger partial charge in [0.05, 0.1) is 10.4 Å². The molecule has 0 radical (unpaired) electrons.